The van der Waals surface area contributed by atoms with Crippen LogP contribution in [0.3, 0.4) is 0 Å². The van der Waals surface area contributed by atoms with E-state index in [-0.39, 0.29) is 35.2 Å². The topological polar surface area (TPSA) is 58.3 Å². The molecular formula is C18H26FIN6. The Bertz CT molecular complexity index is 756. The Labute approximate surface area is 170 Å². The average molecular weight is 472 g/mol. The van der Waals surface area contributed by atoms with Crippen LogP contribution in [-0.2, 0) is 19.0 Å². The van der Waals surface area contributed by atoms with E-state index in [4.69, 9.17) is 4.99 Å². The van der Waals surface area contributed by atoms with Crippen molar-refractivity contribution in [3.8, 4) is 0 Å². The van der Waals surface area contributed by atoms with E-state index >= 15 is 0 Å². The maximum Gasteiger partial charge on any atom is 0.194 e. The number of aromatic nitrogens is 3. The van der Waals surface area contributed by atoms with Crippen molar-refractivity contribution < 1.29 is 4.39 Å². The molecule has 1 aromatic heterocycles. The Kier molecular flexibility index (Phi) is 6.96. The van der Waals surface area contributed by atoms with E-state index in [0.717, 1.165) is 36.7 Å². The van der Waals surface area contributed by atoms with Crippen molar-refractivity contribution in [3.05, 3.63) is 47.8 Å². The van der Waals surface area contributed by atoms with E-state index in [0.29, 0.717) is 13.1 Å². The molecule has 1 aliphatic rings. The van der Waals surface area contributed by atoms with Gasteiger partial charge in [0.2, 0.25) is 0 Å². The lowest BCUT2D eigenvalue weighted by atomic mass is 9.96. The second kappa shape index (κ2) is 8.79. The summed E-state index contributed by atoms with van der Waals surface area (Å²) in [5, 5.41) is 7.42. The van der Waals surface area contributed by atoms with Crippen molar-refractivity contribution in [3.63, 3.8) is 0 Å². The highest BCUT2D eigenvalue weighted by Crippen LogP contribution is 2.48. The van der Waals surface area contributed by atoms with E-state index in [2.05, 4.69) is 15.4 Å². The normalized spacial score (nSPS) is 15.3. The Morgan fingerprint density at radius 3 is 2.77 bits per heavy atom. The molecule has 142 valence electrons. The minimum atomic E-state index is -0.181. The first-order valence-electron chi connectivity index (χ1n) is 8.62. The molecule has 0 amide bonds. The zero-order valence-corrected chi connectivity index (χ0v) is 17.8. The Morgan fingerprint density at radius 2 is 2.19 bits per heavy atom. The summed E-state index contributed by atoms with van der Waals surface area (Å²) < 4.78 is 15.3. The monoisotopic (exact) mass is 472 g/mol. The van der Waals surface area contributed by atoms with E-state index in [1.807, 2.05) is 32.0 Å². The van der Waals surface area contributed by atoms with Gasteiger partial charge in [0, 0.05) is 26.1 Å². The lowest BCUT2D eigenvalue weighted by molar-refractivity contribution is 0.447. The molecule has 0 spiro atoms. The quantitative estimate of drug-likeness (QED) is 0.399. The lowest BCUT2D eigenvalue weighted by Crippen LogP contribution is -2.39. The summed E-state index contributed by atoms with van der Waals surface area (Å²) in [6.45, 7) is 4.11. The van der Waals surface area contributed by atoms with Crippen molar-refractivity contribution in [2.75, 3.05) is 20.1 Å². The first-order chi connectivity index (χ1) is 12.0. The van der Waals surface area contributed by atoms with E-state index in [9.17, 15) is 4.39 Å². The van der Waals surface area contributed by atoms with Gasteiger partial charge in [-0.05, 0) is 37.5 Å². The van der Waals surface area contributed by atoms with E-state index in [1.165, 1.54) is 6.07 Å². The number of benzene rings is 1. The summed E-state index contributed by atoms with van der Waals surface area (Å²) in [4.78, 5) is 11.1. The molecule has 26 heavy (non-hydrogen) atoms. The number of aryl methyl sites for hydroxylation is 1. The molecule has 0 unspecified atom stereocenters. The highest BCUT2D eigenvalue weighted by Gasteiger charge is 2.44. The molecule has 0 aliphatic heterocycles. The molecular weight excluding hydrogens is 446 g/mol. The number of rotatable bonds is 6. The molecule has 6 nitrogen and oxygen atoms in total. The average Bonchev–Trinajstić information content (AvgIpc) is 3.29. The third-order valence-electron chi connectivity index (χ3n) is 4.70. The van der Waals surface area contributed by atoms with Gasteiger partial charge in [0.05, 0.1) is 13.1 Å². The summed E-state index contributed by atoms with van der Waals surface area (Å²) >= 11 is 0. The molecule has 0 atom stereocenters. The molecule has 8 heteroatoms. The van der Waals surface area contributed by atoms with Crippen LogP contribution in [0.4, 0.5) is 4.39 Å². The predicted molar refractivity (Wildman–Crippen MR) is 111 cm³/mol. The molecule has 1 aromatic carbocycles. The SMILES string of the molecule is CCNC(=NCC1(c2cccc(F)c2)CC1)N(C)Cc1ncnn1C.I. The zero-order chi connectivity index (χ0) is 17.9. The van der Waals surface area contributed by atoms with Gasteiger partial charge in [-0.3, -0.25) is 9.67 Å². The van der Waals surface area contributed by atoms with Gasteiger partial charge >= 0.3 is 0 Å². The van der Waals surface area contributed by atoms with E-state index in [1.54, 1.807) is 23.1 Å². The molecule has 3 rings (SSSR count). The first-order valence-corrected chi connectivity index (χ1v) is 8.62. The number of aliphatic imine (C=N–C) groups is 1. The maximum absolute atomic E-state index is 13.6. The van der Waals surface area contributed by atoms with Crippen LogP contribution in [0.25, 0.3) is 0 Å². The molecule has 1 heterocycles. The van der Waals surface area contributed by atoms with Crippen LogP contribution in [0.15, 0.2) is 35.6 Å². The Hall–Kier alpha value is -1.71. The van der Waals surface area contributed by atoms with Gasteiger partial charge in [0.15, 0.2) is 5.96 Å². The van der Waals surface area contributed by atoms with Crippen molar-refractivity contribution in [1.29, 1.82) is 0 Å². The fraction of sp³-hybridized carbons (Fsp3) is 0.500. The number of nitrogens with zero attached hydrogens (tertiary/aromatic N) is 5. The van der Waals surface area contributed by atoms with E-state index < -0.39 is 0 Å². The molecule has 1 aliphatic carbocycles. The van der Waals surface area contributed by atoms with Crippen LogP contribution in [0.1, 0.15) is 31.2 Å². The minimum absolute atomic E-state index is 0. The fourth-order valence-electron chi connectivity index (χ4n) is 2.95. The van der Waals surface area contributed by atoms with Crippen LogP contribution in [0.5, 0.6) is 0 Å². The standard InChI is InChI=1S/C18H25FN6.HI/c1-4-20-17(24(2)11-16-22-13-23-25(16)3)21-12-18(8-9-18)14-6-5-7-15(19)10-14;/h5-7,10,13H,4,8-9,11-12H2,1-3H3,(H,20,21);1H. The minimum Gasteiger partial charge on any atom is -0.357 e. The number of guanidine groups is 1. The summed E-state index contributed by atoms with van der Waals surface area (Å²) in [7, 11) is 3.86. The number of halogens is 2. The van der Waals surface area contributed by atoms with Gasteiger partial charge in [-0.2, -0.15) is 5.10 Å². The van der Waals surface area contributed by atoms with Gasteiger partial charge < -0.3 is 10.2 Å². The van der Waals surface area contributed by atoms with Crippen LogP contribution in [0, 0.1) is 5.82 Å². The van der Waals surface area contributed by atoms with Crippen LogP contribution in [0.2, 0.25) is 0 Å². The van der Waals surface area contributed by atoms with Crippen LogP contribution < -0.4 is 5.32 Å². The smallest absolute Gasteiger partial charge is 0.194 e. The number of nitrogens with one attached hydrogen (secondary N) is 1. The summed E-state index contributed by atoms with van der Waals surface area (Å²) in [5.41, 5.74) is 1.03. The van der Waals surface area contributed by atoms with Crippen LogP contribution in [-0.4, -0.2) is 45.8 Å². The molecule has 0 bridgehead atoms. The van der Waals surface area contributed by atoms with Crippen LogP contribution >= 0.6 is 24.0 Å². The van der Waals surface area contributed by atoms with Gasteiger partial charge in [-0.15, -0.1) is 24.0 Å². The Morgan fingerprint density at radius 1 is 1.42 bits per heavy atom. The highest BCUT2D eigenvalue weighted by atomic mass is 127. The number of hydrogen-bond donors (Lipinski definition) is 1. The lowest BCUT2D eigenvalue weighted by Gasteiger charge is -2.22. The van der Waals surface area contributed by atoms with Crippen molar-refractivity contribution in [2.24, 2.45) is 12.0 Å². The van der Waals surface area contributed by atoms with Gasteiger partial charge in [-0.1, -0.05) is 12.1 Å². The van der Waals surface area contributed by atoms with Crippen molar-refractivity contribution in [2.45, 2.75) is 31.7 Å². The predicted octanol–water partition coefficient (Wildman–Crippen LogP) is 2.70. The summed E-state index contributed by atoms with van der Waals surface area (Å²) in [6, 6.07) is 6.90. The zero-order valence-electron chi connectivity index (χ0n) is 15.4. The van der Waals surface area contributed by atoms with Crippen molar-refractivity contribution >= 4 is 29.9 Å². The highest BCUT2D eigenvalue weighted by molar-refractivity contribution is 14.0. The first kappa shape index (κ1) is 20.6. The number of hydrogen-bond acceptors (Lipinski definition) is 3. The molecule has 0 radical (unpaired) electrons. The molecule has 0 saturated heterocycles. The largest absolute Gasteiger partial charge is 0.357 e. The second-order valence-corrected chi connectivity index (χ2v) is 6.62. The second-order valence-electron chi connectivity index (χ2n) is 6.62. The third kappa shape index (κ3) is 4.72. The summed E-state index contributed by atoms with van der Waals surface area (Å²) in [5.74, 6) is 1.52. The maximum atomic E-state index is 13.6. The fourth-order valence-corrected chi connectivity index (χ4v) is 2.95. The van der Waals surface area contributed by atoms with Gasteiger partial charge in [0.25, 0.3) is 0 Å². The van der Waals surface area contributed by atoms with Gasteiger partial charge in [0.1, 0.15) is 18.0 Å². The Balaban J connectivity index is 0.00000243. The molecule has 1 saturated carbocycles. The molecule has 1 N–H and O–H groups in total. The van der Waals surface area contributed by atoms with Gasteiger partial charge in [-0.25, -0.2) is 9.37 Å². The molecule has 2 aromatic rings. The third-order valence-corrected chi connectivity index (χ3v) is 4.70. The molecule has 1 fully saturated rings. The summed E-state index contributed by atoms with van der Waals surface area (Å²) in [6.07, 6.45) is 3.65. The van der Waals surface area contributed by atoms with Crippen molar-refractivity contribution in [1.82, 2.24) is 25.0 Å².